The number of ether oxygens (including phenoxy) is 1. The van der Waals surface area contributed by atoms with Gasteiger partial charge in [0.25, 0.3) is 11.8 Å². The van der Waals surface area contributed by atoms with Crippen LogP contribution in [0.15, 0.2) is 46.9 Å². The van der Waals surface area contributed by atoms with E-state index < -0.39 is 0 Å². The minimum Gasteiger partial charge on any atom is -0.492 e. The molecule has 0 bridgehead atoms. The molecule has 0 spiro atoms. The Morgan fingerprint density at radius 3 is 2.23 bits per heavy atom. The predicted octanol–water partition coefficient (Wildman–Crippen LogP) is 6.19. The highest BCUT2D eigenvalue weighted by Gasteiger charge is 2.11. The van der Waals surface area contributed by atoms with Gasteiger partial charge in [-0.2, -0.15) is 0 Å². The van der Waals surface area contributed by atoms with Crippen LogP contribution >= 0.6 is 15.9 Å². The Balaban J connectivity index is 1.89. The predicted molar refractivity (Wildman–Crippen MR) is 125 cm³/mol. The van der Waals surface area contributed by atoms with Gasteiger partial charge in [0.15, 0.2) is 0 Å². The molecule has 0 aliphatic carbocycles. The number of hydrogen-bond acceptors (Lipinski definition) is 3. The van der Waals surface area contributed by atoms with Gasteiger partial charge >= 0.3 is 0 Å². The molecule has 30 heavy (non-hydrogen) atoms. The number of carbonyl (C=O) groups is 2. The van der Waals surface area contributed by atoms with Crippen LogP contribution in [0, 0.1) is 0 Å². The maximum Gasteiger partial charge on any atom is 0.255 e. The number of nitrogens with one attached hydrogen (secondary N) is 2. The molecule has 5 nitrogen and oxygen atoms in total. The van der Waals surface area contributed by atoms with Crippen LogP contribution in [0.5, 0.6) is 5.75 Å². The fourth-order valence-corrected chi connectivity index (χ4v) is 3.35. The zero-order chi connectivity index (χ0) is 21.8. The minimum atomic E-state index is -0.217. The van der Waals surface area contributed by atoms with Crippen LogP contribution < -0.4 is 15.4 Å². The molecule has 0 atom stereocenters. The Morgan fingerprint density at radius 2 is 1.57 bits per heavy atom. The first-order chi connectivity index (χ1) is 14.5. The average Bonchev–Trinajstić information content (AvgIpc) is 2.75. The molecule has 0 heterocycles. The maximum atomic E-state index is 12.6. The summed E-state index contributed by atoms with van der Waals surface area (Å²) in [7, 11) is 0. The van der Waals surface area contributed by atoms with E-state index in [0.717, 1.165) is 35.9 Å². The fourth-order valence-electron chi connectivity index (χ4n) is 2.86. The second-order valence-corrected chi connectivity index (χ2v) is 8.05. The lowest BCUT2D eigenvalue weighted by Gasteiger charge is -2.11. The molecule has 2 aromatic carbocycles. The SMILES string of the molecule is CCCCCCOc1ccc(C(=O)Nc2ccc(C(=O)NCCCC)cc2)cc1Br. The number of benzene rings is 2. The van der Waals surface area contributed by atoms with Crippen molar-refractivity contribution < 1.29 is 14.3 Å². The quantitative estimate of drug-likeness (QED) is 0.360. The van der Waals surface area contributed by atoms with E-state index in [1.807, 2.05) is 6.07 Å². The van der Waals surface area contributed by atoms with E-state index >= 15 is 0 Å². The Bertz CT molecular complexity index is 822. The van der Waals surface area contributed by atoms with Crippen molar-refractivity contribution in [1.29, 1.82) is 0 Å². The first-order valence-electron chi connectivity index (χ1n) is 10.7. The summed E-state index contributed by atoms with van der Waals surface area (Å²) >= 11 is 3.49. The van der Waals surface area contributed by atoms with Gasteiger partial charge in [-0.3, -0.25) is 9.59 Å². The smallest absolute Gasteiger partial charge is 0.255 e. The molecule has 6 heteroatoms. The summed E-state index contributed by atoms with van der Waals surface area (Å²) in [6, 6.07) is 12.2. The highest BCUT2D eigenvalue weighted by atomic mass is 79.9. The summed E-state index contributed by atoms with van der Waals surface area (Å²) in [5, 5.41) is 5.74. The summed E-state index contributed by atoms with van der Waals surface area (Å²) in [4.78, 5) is 24.6. The third-order valence-corrected chi connectivity index (χ3v) is 5.29. The highest BCUT2D eigenvalue weighted by molar-refractivity contribution is 9.10. The largest absolute Gasteiger partial charge is 0.492 e. The van der Waals surface area contributed by atoms with E-state index in [0.29, 0.717) is 30.0 Å². The Morgan fingerprint density at radius 1 is 0.867 bits per heavy atom. The molecule has 2 amide bonds. The Hall–Kier alpha value is -2.34. The van der Waals surface area contributed by atoms with Gasteiger partial charge in [0, 0.05) is 23.4 Å². The van der Waals surface area contributed by atoms with Crippen molar-refractivity contribution in [2.24, 2.45) is 0 Å². The number of amides is 2. The number of anilines is 1. The van der Waals surface area contributed by atoms with Gasteiger partial charge in [0.2, 0.25) is 0 Å². The van der Waals surface area contributed by atoms with Gasteiger partial charge in [0.1, 0.15) is 5.75 Å². The van der Waals surface area contributed by atoms with Gasteiger partial charge in [-0.25, -0.2) is 0 Å². The Labute approximate surface area is 187 Å². The molecular formula is C24H31BrN2O3. The van der Waals surface area contributed by atoms with Crippen LogP contribution in [0.1, 0.15) is 73.1 Å². The minimum absolute atomic E-state index is 0.101. The molecule has 0 radical (unpaired) electrons. The van der Waals surface area contributed by atoms with Crippen molar-refractivity contribution in [1.82, 2.24) is 5.32 Å². The van der Waals surface area contributed by atoms with Crippen molar-refractivity contribution in [3.05, 3.63) is 58.1 Å². The molecule has 0 saturated carbocycles. The van der Waals surface area contributed by atoms with Crippen molar-refractivity contribution in [3.8, 4) is 5.75 Å². The fraction of sp³-hybridized carbons (Fsp3) is 0.417. The number of hydrogen-bond donors (Lipinski definition) is 2. The number of unbranched alkanes of at least 4 members (excludes halogenated alkanes) is 4. The average molecular weight is 475 g/mol. The van der Waals surface area contributed by atoms with E-state index in [2.05, 4.69) is 40.4 Å². The molecule has 2 N–H and O–H groups in total. The van der Waals surface area contributed by atoms with E-state index in [9.17, 15) is 9.59 Å². The van der Waals surface area contributed by atoms with E-state index in [1.165, 1.54) is 12.8 Å². The lowest BCUT2D eigenvalue weighted by molar-refractivity contribution is 0.0952. The zero-order valence-electron chi connectivity index (χ0n) is 17.8. The van der Waals surface area contributed by atoms with Gasteiger partial charge in [-0.05, 0) is 71.2 Å². The van der Waals surface area contributed by atoms with Crippen molar-refractivity contribution in [2.75, 3.05) is 18.5 Å². The standard InChI is InChI=1S/C24H31BrN2O3/c1-3-5-7-8-16-30-22-14-11-19(17-21(22)25)24(29)27-20-12-9-18(10-13-20)23(28)26-15-6-4-2/h9-14,17H,3-8,15-16H2,1-2H3,(H,26,28)(H,27,29). The normalized spacial score (nSPS) is 10.5. The molecule has 2 aromatic rings. The van der Waals surface area contributed by atoms with Crippen molar-refractivity contribution in [3.63, 3.8) is 0 Å². The molecule has 0 unspecified atom stereocenters. The van der Waals surface area contributed by atoms with Gasteiger partial charge < -0.3 is 15.4 Å². The second kappa shape index (κ2) is 13.1. The van der Waals surface area contributed by atoms with Crippen LogP contribution in [0.3, 0.4) is 0 Å². The maximum absolute atomic E-state index is 12.6. The number of carbonyl (C=O) groups excluding carboxylic acids is 2. The summed E-state index contributed by atoms with van der Waals surface area (Å²) in [6.07, 6.45) is 6.59. The lowest BCUT2D eigenvalue weighted by Crippen LogP contribution is -2.24. The van der Waals surface area contributed by atoms with Crippen molar-refractivity contribution >= 4 is 33.4 Å². The molecule has 0 aliphatic heterocycles. The molecule has 0 saturated heterocycles. The highest BCUT2D eigenvalue weighted by Crippen LogP contribution is 2.27. The Kier molecular flexibility index (Phi) is 10.4. The van der Waals surface area contributed by atoms with E-state index in [4.69, 9.17) is 4.74 Å². The monoisotopic (exact) mass is 474 g/mol. The molecule has 162 valence electrons. The van der Waals surface area contributed by atoms with Crippen LogP contribution in [-0.4, -0.2) is 25.0 Å². The first-order valence-corrected chi connectivity index (χ1v) is 11.5. The van der Waals surface area contributed by atoms with Crippen LogP contribution in [0.25, 0.3) is 0 Å². The van der Waals surface area contributed by atoms with E-state index in [1.54, 1.807) is 36.4 Å². The molecule has 0 aliphatic rings. The first kappa shape index (κ1) is 23.9. The molecule has 0 aromatic heterocycles. The lowest BCUT2D eigenvalue weighted by atomic mass is 10.1. The third kappa shape index (κ3) is 7.82. The summed E-state index contributed by atoms with van der Waals surface area (Å²) in [5.41, 5.74) is 1.74. The second-order valence-electron chi connectivity index (χ2n) is 7.20. The molecule has 2 rings (SSSR count). The van der Waals surface area contributed by atoms with Crippen molar-refractivity contribution in [2.45, 2.75) is 52.4 Å². The zero-order valence-corrected chi connectivity index (χ0v) is 19.4. The molecular weight excluding hydrogens is 444 g/mol. The summed E-state index contributed by atoms with van der Waals surface area (Å²) < 4.78 is 6.54. The summed E-state index contributed by atoms with van der Waals surface area (Å²) in [5.74, 6) is 0.419. The number of halogens is 1. The molecule has 0 fully saturated rings. The number of rotatable bonds is 12. The van der Waals surface area contributed by atoms with Crippen LogP contribution in [0.4, 0.5) is 5.69 Å². The van der Waals surface area contributed by atoms with Gasteiger partial charge in [-0.15, -0.1) is 0 Å². The van der Waals surface area contributed by atoms with Gasteiger partial charge in [0.05, 0.1) is 11.1 Å². The topological polar surface area (TPSA) is 67.4 Å². The van der Waals surface area contributed by atoms with Crippen LogP contribution in [-0.2, 0) is 0 Å². The van der Waals surface area contributed by atoms with E-state index in [-0.39, 0.29) is 11.8 Å². The third-order valence-electron chi connectivity index (χ3n) is 4.67. The van der Waals surface area contributed by atoms with Gasteiger partial charge in [-0.1, -0.05) is 39.5 Å². The van der Waals surface area contributed by atoms with Crippen LogP contribution in [0.2, 0.25) is 0 Å². The summed E-state index contributed by atoms with van der Waals surface area (Å²) in [6.45, 7) is 5.60.